The molecular weight excluding hydrogens is 491 g/mol. The zero-order valence-corrected chi connectivity index (χ0v) is 19.7. The summed E-state index contributed by atoms with van der Waals surface area (Å²) in [4.78, 5) is 34.8. The fourth-order valence-corrected chi connectivity index (χ4v) is 5.65. The van der Waals surface area contributed by atoms with Gasteiger partial charge in [-0.1, -0.05) is 6.07 Å². The van der Waals surface area contributed by atoms with Crippen LogP contribution in [0.15, 0.2) is 48.8 Å². The number of hydrogen-bond donors (Lipinski definition) is 1. The molecule has 1 N–H and O–H groups in total. The van der Waals surface area contributed by atoms with Gasteiger partial charge >= 0.3 is 6.18 Å². The van der Waals surface area contributed by atoms with E-state index >= 15 is 0 Å². The van der Waals surface area contributed by atoms with Crippen LogP contribution in [0, 0.1) is 11.3 Å². The summed E-state index contributed by atoms with van der Waals surface area (Å²) in [6, 6.07) is 11.2. The molecule has 2 fully saturated rings. The van der Waals surface area contributed by atoms with Crippen molar-refractivity contribution in [3.63, 3.8) is 0 Å². The number of carbonyl (C=O) groups excluding carboxylic acids is 2. The number of fused-ring (bicyclic) bond motifs is 1. The van der Waals surface area contributed by atoms with Crippen LogP contribution in [0.1, 0.15) is 40.0 Å². The second kappa shape index (κ2) is 9.09. The molecule has 1 atom stereocenters. The highest BCUT2D eigenvalue weighted by Crippen LogP contribution is 2.54. The molecule has 0 spiro atoms. The van der Waals surface area contributed by atoms with Crippen LogP contribution in [0.5, 0.6) is 0 Å². The molecule has 2 aromatic heterocycles. The Morgan fingerprint density at radius 1 is 1.14 bits per heavy atom. The zero-order chi connectivity index (χ0) is 25.5. The highest BCUT2D eigenvalue weighted by atomic mass is 32.2. The molecule has 2 aliphatic rings. The lowest BCUT2D eigenvalue weighted by Crippen LogP contribution is -2.42. The van der Waals surface area contributed by atoms with E-state index in [0.29, 0.717) is 46.5 Å². The van der Waals surface area contributed by atoms with Crippen LogP contribution in [0.25, 0.3) is 10.9 Å². The van der Waals surface area contributed by atoms with E-state index in [9.17, 15) is 28.0 Å². The molecule has 5 rings (SSSR count). The maximum atomic E-state index is 13.2. The Morgan fingerprint density at radius 3 is 2.61 bits per heavy atom. The highest BCUT2D eigenvalue weighted by Gasteiger charge is 2.47. The molecule has 36 heavy (non-hydrogen) atoms. The number of aromatic nitrogens is 2. The van der Waals surface area contributed by atoms with Crippen LogP contribution in [0.3, 0.4) is 0 Å². The van der Waals surface area contributed by atoms with Crippen molar-refractivity contribution in [1.82, 2.24) is 20.2 Å². The quantitative estimate of drug-likeness (QED) is 0.558. The monoisotopic (exact) mass is 511 g/mol. The van der Waals surface area contributed by atoms with Gasteiger partial charge in [0.05, 0.1) is 29.6 Å². The van der Waals surface area contributed by atoms with Crippen LogP contribution < -0.4 is 5.32 Å². The third kappa shape index (κ3) is 4.37. The topological polar surface area (TPSA) is 99.0 Å². The van der Waals surface area contributed by atoms with E-state index in [1.807, 2.05) is 6.07 Å². The molecule has 7 nitrogen and oxygen atoms in total. The summed E-state index contributed by atoms with van der Waals surface area (Å²) in [6.45, 7) is -0.248. The van der Waals surface area contributed by atoms with Crippen molar-refractivity contribution in [3.05, 3.63) is 71.2 Å². The van der Waals surface area contributed by atoms with Gasteiger partial charge in [-0.15, -0.1) is 11.8 Å². The minimum Gasteiger partial charge on any atom is -0.343 e. The SMILES string of the molecule is N#CC1CSCN1C(=O)CNC(=O)c1ccnc2ccc(C3(c4ccnc(C(F)(F)F)c4)CC3)cc12. The van der Waals surface area contributed by atoms with Gasteiger partial charge in [-0.3, -0.25) is 19.6 Å². The number of thioether (sulfide) groups is 1. The molecular formula is C25H20F3N5O2S. The Morgan fingerprint density at radius 2 is 1.89 bits per heavy atom. The lowest BCUT2D eigenvalue weighted by molar-refractivity contribution is -0.141. The molecule has 0 radical (unpaired) electrons. The van der Waals surface area contributed by atoms with Gasteiger partial charge in [0.15, 0.2) is 0 Å². The number of nitrogens with zero attached hydrogens (tertiary/aromatic N) is 4. The molecule has 1 aliphatic heterocycles. The Kier molecular flexibility index (Phi) is 6.08. The van der Waals surface area contributed by atoms with Gasteiger partial charge < -0.3 is 10.2 Å². The maximum Gasteiger partial charge on any atom is 0.433 e. The number of rotatable bonds is 5. The van der Waals surface area contributed by atoms with Crippen molar-refractivity contribution in [2.75, 3.05) is 18.2 Å². The number of halogens is 3. The first-order valence-electron chi connectivity index (χ1n) is 11.2. The average molecular weight is 512 g/mol. The molecule has 0 bridgehead atoms. The number of pyridine rings is 2. The summed E-state index contributed by atoms with van der Waals surface area (Å²) in [6.07, 6.45) is -0.531. The second-order valence-corrected chi connectivity index (χ2v) is 9.79. The Balaban J connectivity index is 1.42. The predicted molar refractivity (Wildman–Crippen MR) is 127 cm³/mol. The van der Waals surface area contributed by atoms with E-state index in [-0.39, 0.29) is 12.5 Å². The smallest absolute Gasteiger partial charge is 0.343 e. The van der Waals surface area contributed by atoms with Crippen LogP contribution in [0.2, 0.25) is 0 Å². The number of hydrogen-bond acceptors (Lipinski definition) is 6. The van der Waals surface area contributed by atoms with E-state index in [2.05, 4.69) is 21.4 Å². The minimum absolute atomic E-state index is 0.248. The molecule has 1 saturated heterocycles. The Labute approximate surface area is 208 Å². The van der Waals surface area contributed by atoms with Crippen molar-refractivity contribution >= 4 is 34.5 Å². The zero-order valence-electron chi connectivity index (χ0n) is 18.9. The van der Waals surface area contributed by atoms with E-state index in [4.69, 9.17) is 0 Å². The summed E-state index contributed by atoms with van der Waals surface area (Å²) in [7, 11) is 0. The largest absolute Gasteiger partial charge is 0.433 e. The van der Waals surface area contributed by atoms with Gasteiger partial charge in [-0.2, -0.15) is 18.4 Å². The lowest BCUT2D eigenvalue weighted by Gasteiger charge is -2.19. The van der Waals surface area contributed by atoms with Crippen molar-refractivity contribution in [1.29, 1.82) is 5.26 Å². The molecule has 184 valence electrons. The first-order valence-corrected chi connectivity index (χ1v) is 12.4. The molecule has 1 aromatic carbocycles. The third-order valence-corrected chi connectivity index (χ3v) is 7.66. The Hall–Kier alpha value is -3.65. The van der Waals surface area contributed by atoms with Gasteiger partial charge in [-0.05, 0) is 54.3 Å². The molecule has 3 aromatic rings. The van der Waals surface area contributed by atoms with Crippen LogP contribution in [-0.2, 0) is 16.4 Å². The van der Waals surface area contributed by atoms with Gasteiger partial charge in [0.25, 0.3) is 5.91 Å². The van der Waals surface area contributed by atoms with Gasteiger partial charge in [0.1, 0.15) is 11.7 Å². The standard InChI is InChI=1S/C25H20F3N5O2S/c26-25(27,28)21-10-16(3-7-31-21)24(5-6-24)15-1-2-20-19(9-15)18(4-8-30-20)23(35)32-12-22(34)33-14-36-13-17(33)11-29/h1-4,7-10,17H,5-6,12-14H2,(H,32,35). The summed E-state index contributed by atoms with van der Waals surface area (Å²) in [5, 5.41) is 12.4. The first-order chi connectivity index (χ1) is 17.2. The van der Waals surface area contributed by atoms with Gasteiger partial charge in [-0.25, -0.2) is 0 Å². The molecule has 1 aliphatic carbocycles. The number of benzene rings is 1. The molecule has 1 unspecified atom stereocenters. The number of nitrogens with one attached hydrogen (secondary N) is 1. The molecule has 3 heterocycles. The maximum absolute atomic E-state index is 13.2. The number of alkyl halides is 3. The summed E-state index contributed by atoms with van der Waals surface area (Å²) in [5.74, 6) is 0.134. The predicted octanol–water partition coefficient (Wildman–Crippen LogP) is 3.88. The van der Waals surface area contributed by atoms with Crippen LogP contribution in [0.4, 0.5) is 13.2 Å². The van der Waals surface area contributed by atoms with Crippen LogP contribution >= 0.6 is 11.8 Å². The van der Waals surface area contributed by atoms with Crippen molar-refractivity contribution in [2.24, 2.45) is 0 Å². The van der Waals surface area contributed by atoms with Crippen molar-refractivity contribution < 1.29 is 22.8 Å². The van der Waals surface area contributed by atoms with E-state index in [1.165, 1.54) is 29.1 Å². The lowest BCUT2D eigenvalue weighted by atomic mass is 9.87. The molecule has 11 heteroatoms. The van der Waals surface area contributed by atoms with Gasteiger partial charge in [0.2, 0.25) is 5.91 Å². The second-order valence-electron chi connectivity index (χ2n) is 8.79. The van der Waals surface area contributed by atoms with Crippen LogP contribution in [-0.4, -0.2) is 50.9 Å². The van der Waals surface area contributed by atoms with E-state index < -0.39 is 29.2 Å². The summed E-state index contributed by atoms with van der Waals surface area (Å²) >= 11 is 1.48. The highest BCUT2D eigenvalue weighted by molar-refractivity contribution is 7.99. The van der Waals surface area contributed by atoms with Crippen molar-refractivity contribution in [3.8, 4) is 6.07 Å². The number of nitriles is 1. The molecule has 1 saturated carbocycles. The third-order valence-electron chi connectivity index (χ3n) is 6.64. The average Bonchev–Trinajstić information content (AvgIpc) is 3.55. The minimum atomic E-state index is -4.54. The fraction of sp³-hybridized carbons (Fsp3) is 0.320. The number of amides is 2. The summed E-state index contributed by atoms with van der Waals surface area (Å²) in [5.41, 5.74) is 0.659. The fourth-order valence-electron chi connectivity index (χ4n) is 4.54. The van der Waals surface area contributed by atoms with E-state index in [1.54, 1.807) is 24.3 Å². The van der Waals surface area contributed by atoms with Gasteiger partial charge in [0, 0.05) is 28.9 Å². The first kappa shape index (κ1) is 24.1. The Bertz CT molecular complexity index is 1400. The molecule has 2 amide bonds. The number of carbonyl (C=O) groups is 2. The van der Waals surface area contributed by atoms with E-state index in [0.717, 1.165) is 11.6 Å². The summed E-state index contributed by atoms with van der Waals surface area (Å²) < 4.78 is 39.7. The van der Waals surface area contributed by atoms with Crippen molar-refractivity contribution in [2.45, 2.75) is 30.5 Å². The normalized spacial score (nSPS) is 18.6.